The maximum absolute atomic E-state index is 12.6. The van der Waals surface area contributed by atoms with Crippen LogP contribution in [-0.2, 0) is 0 Å². The molecule has 4 nitrogen and oxygen atoms in total. The molecule has 1 atom stereocenters. The van der Waals surface area contributed by atoms with Crippen molar-refractivity contribution in [2.75, 3.05) is 13.1 Å². The Morgan fingerprint density at radius 3 is 2.86 bits per heavy atom. The summed E-state index contributed by atoms with van der Waals surface area (Å²) in [5.41, 5.74) is 0.229. The van der Waals surface area contributed by atoms with Gasteiger partial charge >= 0.3 is 6.03 Å². The number of hydrogen-bond acceptors (Lipinski definition) is 2. The summed E-state index contributed by atoms with van der Waals surface area (Å²) < 4.78 is 12.6. The molecule has 2 amide bonds. The smallest absolute Gasteiger partial charge is 0.321 e. The van der Waals surface area contributed by atoms with Gasteiger partial charge in [-0.15, -0.1) is 0 Å². The number of nitrogens with one attached hydrogen (secondary N) is 1. The Hall–Kier alpha value is -1.36. The van der Waals surface area contributed by atoms with Crippen LogP contribution in [0.4, 0.5) is 9.18 Å². The van der Waals surface area contributed by atoms with E-state index >= 15 is 0 Å². The molecule has 0 bridgehead atoms. The maximum Gasteiger partial charge on any atom is 0.321 e. The van der Waals surface area contributed by atoms with Crippen LogP contribution in [-0.4, -0.2) is 35.2 Å². The molecule has 0 aromatic heterocycles. The van der Waals surface area contributed by atoms with Crippen molar-refractivity contribution in [1.82, 2.24) is 10.2 Å². The number of aliphatic hydroxyl groups is 1. The second-order valence-corrected chi connectivity index (χ2v) is 3.08. The van der Waals surface area contributed by atoms with Crippen LogP contribution in [0.25, 0.3) is 0 Å². The molecule has 0 aromatic carbocycles. The molecule has 5 heteroatoms. The number of amides is 2. The highest BCUT2D eigenvalue weighted by molar-refractivity contribution is 5.78. The molecule has 0 spiro atoms. The van der Waals surface area contributed by atoms with E-state index in [1.807, 2.05) is 0 Å². The number of halogens is 1. The molecular formula is C9H13FN2O2. The quantitative estimate of drug-likeness (QED) is 0.661. The van der Waals surface area contributed by atoms with Crippen LogP contribution in [0.1, 0.15) is 6.92 Å². The van der Waals surface area contributed by atoms with Gasteiger partial charge in [-0.05, 0) is 13.0 Å². The summed E-state index contributed by atoms with van der Waals surface area (Å²) in [6, 6.07) is -0.321. The normalized spacial score (nSPS) is 19.5. The van der Waals surface area contributed by atoms with E-state index in [1.54, 1.807) is 0 Å². The van der Waals surface area contributed by atoms with Crippen molar-refractivity contribution in [3.8, 4) is 0 Å². The molecule has 1 aliphatic heterocycles. The summed E-state index contributed by atoms with van der Waals surface area (Å²) in [5.74, 6) is -0.680. The molecule has 0 saturated carbocycles. The van der Waals surface area contributed by atoms with Gasteiger partial charge in [0.25, 0.3) is 0 Å². The standard InChI is InChI=1S/C9H13FN2O2/c1-6(10)5-8(7(2)13)12-4-3-11-9(12)14/h5,7,13H,1,3-4H2,2H3,(H,11,14)/b8-5-/t7-/m1/s1. The van der Waals surface area contributed by atoms with E-state index in [2.05, 4.69) is 11.9 Å². The first-order valence-electron chi connectivity index (χ1n) is 4.32. The molecule has 0 unspecified atom stereocenters. The van der Waals surface area contributed by atoms with Crippen molar-refractivity contribution in [3.63, 3.8) is 0 Å². The third-order valence-corrected chi connectivity index (χ3v) is 1.90. The highest BCUT2D eigenvalue weighted by atomic mass is 19.1. The third kappa shape index (κ3) is 2.32. The van der Waals surface area contributed by atoms with Gasteiger partial charge in [-0.1, -0.05) is 6.58 Å². The Kier molecular flexibility index (Phi) is 3.24. The number of aliphatic hydroxyl groups excluding tert-OH is 1. The van der Waals surface area contributed by atoms with Crippen molar-refractivity contribution in [2.24, 2.45) is 0 Å². The molecular weight excluding hydrogens is 187 g/mol. The van der Waals surface area contributed by atoms with E-state index in [-0.39, 0.29) is 11.7 Å². The Morgan fingerprint density at radius 2 is 2.50 bits per heavy atom. The predicted molar refractivity (Wildman–Crippen MR) is 50.1 cm³/mol. The van der Waals surface area contributed by atoms with Crippen molar-refractivity contribution in [2.45, 2.75) is 13.0 Å². The number of rotatable bonds is 3. The van der Waals surface area contributed by atoms with Gasteiger partial charge in [0.05, 0.1) is 11.8 Å². The molecule has 14 heavy (non-hydrogen) atoms. The topological polar surface area (TPSA) is 52.6 Å². The molecule has 1 rings (SSSR count). The van der Waals surface area contributed by atoms with E-state index in [9.17, 15) is 14.3 Å². The average Bonchev–Trinajstić information content (AvgIpc) is 2.46. The molecule has 0 radical (unpaired) electrons. The van der Waals surface area contributed by atoms with Gasteiger partial charge in [-0.25, -0.2) is 9.18 Å². The minimum atomic E-state index is -0.897. The average molecular weight is 200 g/mol. The van der Waals surface area contributed by atoms with Gasteiger partial charge in [0.1, 0.15) is 5.83 Å². The molecule has 0 aromatic rings. The van der Waals surface area contributed by atoms with Crippen LogP contribution in [0, 0.1) is 0 Å². The van der Waals surface area contributed by atoms with Gasteiger partial charge in [0, 0.05) is 13.1 Å². The monoisotopic (exact) mass is 200 g/mol. The predicted octanol–water partition coefficient (Wildman–Crippen LogP) is 0.759. The summed E-state index contributed by atoms with van der Waals surface area (Å²) in [5, 5.41) is 11.9. The van der Waals surface area contributed by atoms with Gasteiger partial charge in [-0.3, -0.25) is 4.90 Å². The lowest BCUT2D eigenvalue weighted by atomic mass is 10.2. The lowest BCUT2D eigenvalue weighted by molar-refractivity contribution is 0.183. The molecule has 2 N–H and O–H groups in total. The zero-order valence-electron chi connectivity index (χ0n) is 7.96. The van der Waals surface area contributed by atoms with Gasteiger partial charge < -0.3 is 10.4 Å². The van der Waals surface area contributed by atoms with Crippen LogP contribution < -0.4 is 5.32 Å². The van der Waals surface area contributed by atoms with Crippen LogP contribution in [0.2, 0.25) is 0 Å². The van der Waals surface area contributed by atoms with E-state index in [0.717, 1.165) is 6.08 Å². The summed E-state index contributed by atoms with van der Waals surface area (Å²) in [6.45, 7) is 5.47. The Labute approximate surface area is 81.7 Å². The maximum atomic E-state index is 12.6. The van der Waals surface area contributed by atoms with Crippen LogP contribution in [0.3, 0.4) is 0 Å². The summed E-state index contributed by atoms with van der Waals surface area (Å²) in [7, 11) is 0. The first-order chi connectivity index (χ1) is 6.52. The van der Waals surface area contributed by atoms with E-state index < -0.39 is 11.9 Å². The number of carbonyl (C=O) groups excluding carboxylic acids is 1. The number of hydrogen-bond donors (Lipinski definition) is 2. The highest BCUT2D eigenvalue weighted by Gasteiger charge is 2.25. The minimum absolute atomic E-state index is 0.229. The van der Waals surface area contributed by atoms with Crippen LogP contribution in [0.15, 0.2) is 24.2 Å². The summed E-state index contributed by atoms with van der Waals surface area (Å²) in [6.07, 6.45) is 0.168. The SMILES string of the molecule is C=C(F)/C=C(/[C@@H](C)O)N1CCNC1=O. The second kappa shape index (κ2) is 4.23. The highest BCUT2D eigenvalue weighted by Crippen LogP contribution is 2.15. The molecule has 1 aliphatic rings. The Morgan fingerprint density at radius 1 is 1.86 bits per heavy atom. The Balaban J connectivity index is 2.88. The molecule has 0 aliphatic carbocycles. The van der Waals surface area contributed by atoms with Crippen molar-refractivity contribution in [3.05, 3.63) is 24.2 Å². The summed E-state index contributed by atoms with van der Waals surface area (Å²) in [4.78, 5) is 12.5. The van der Waals surface area contributed by atoms with Gasteiger partial charge in [0.2, 0.25) is 0 Å². The van der Waals surface area contributed by atoms with Crippen molar-refractivity contribution >= 4 is 6.03 Å². The van der Waals surface area contributed by atoms with Crippen molar-refractivity contribution in [1.29, 1.82) is 0 Å². The molecule has 1 fully saturated rings. The molecule has 1 saturated heterocycles. The fraction of sp³-hybridized carbons (Fsp3) is 0.444. The number of carbonyl (C=O) groups is 1. The zero-order chi connectivity index (χ0) is 10.7. The first-order valence-corrected chi connectivity index (χ1v) is 4.32. The van der Waals surface area contributed by atoms with Crippen LogP contribution in [0.5, 0.6) is 0 Å². The molecule has 1 heterocycles. The van der Waals surface area contributed by atoms with Gasteiger partial charge in [-0.2, -0.15) is 0 Å². The lowest BCUT2D eigenvalue weighted by Crippen LogP contribution is -2.32. The zero-order valence-corrected chi connectivity index (χ0v) is 7.96. The number of allylic oxidation sites excluding steroid dienone is 2. The number of nitrogens with zero attached hydrogens (tertiary/aromatic N) is 1. The third-order valence-electron chi connectivity index (χ3n) is 1.90. The second-order valence-electron chi connectivity index (χ2n) is 3.08. The fourth-order valence-corrected chi connectivity index (χ4v) is 1.30. The largest absolute Gasteiger partial charge is 0.387 e. The summed E-state index contributed by atoms with van der Waals surface area (Å²) >= 11 is 0. The van der Waals surface area contributed by atoms with E-state index in [4.69, 9.17) is 0 Å². The Bertz CT molecular complexity index is 287. The van der Waals surface area contributed by atoms with Crippen LogP contribution >= 0.6 is 0 Å². The first kappa shape index (κ1) is 10.7. The van der Waals surface area contributed by atoms with E-state index in [1.165, 1.54) is 11.8 Å². The number of urea groups is 1. The van der Waals surface area contributed by atoms with Crippen molar-refractivity contribution < 1.29 is 14.3 Å². The minimum Gasteiger partial charge on any atom is -0.387 e. The fourth-order valence-electron chi connectivity index (χ4n) is 1.30. The molecule has 78 valence electrons. The lowest BCUT2D eigenvalue weighted by Gasteiger charge is -2.20. The van der Waals surface area contributed by atoms with E-state index in [0.29, 0.717) is 13.1 Å². The van der Waals surface area contributed by atoms with Gasteiger partial charge in [0.15, 0.2) is 0 Å².